The quantitative estimate of drug-likeness (QED) is 0.761. The molecule has 1 amide bonds. The maximum absolute atomic E-state index is 13.1. The topological polar surface area (TPSA) is 75.1 Å². The van der Waals surface area contributed by atoms with Crippen LogP contribution in [0.5, 0.6) is 17.4 Å². The summed E-state index contributed by atoms with van der Waals surface area (Å²) in [6, 6.07) is 11.6. The molecule has 1 fully saturated rings. The zero-order valence-electron chi connectivity index (χ0n) is 19.3. The maximum atomic E-state index is 13.1. The lowest BCUT2D eigenvalue weighted by Crippen LogP contribution is -2.45. The first kappa shape index (κ1) is 23.5. The van der Waals surface area contributed by atoms with Gasteiger partial charge in [0.05, 0.1) is 13.2 Å². The molecule has 2 aliphatic heterocycles. The van der Waals surface area contributed by atoms with Crippen molar-refractivity contribution >= 4 is 5.91 Å². The van der Waals surface area contributed by atoms with Gasteiger partial charge in [0.25, 0.3) is 0 Å². The van der Waals surface area contributed by atoms with Gasteiger partial charge in [-0.1, -0.05) is 31.0 Å². The fourth-order valence-electron chi connectivity index (χ4n) is 4.55. The summed E-state index contributed by atoms with van der Waals surface area (Å²) in [4.78, 5) is 21.7. The van der Waals surface area contributed by atoms with Crippen molar-refractivity contribution in [2.24, 2.45) is 5.92 Å². The number of aliphatic hydroxyl groups is 1. The third-order valence-electron chi connectivity index (χ3n) is 6.41. The molecule has 7 nitrogen and oxygen atoms in total. The highest BCUT2D eigenvalue weighted by Gasteiger charge is 2.25. The van der Waals surface area contributed by atoms with Gasteiger partial charge in [0.2, 0.25) is 11.8 Å². The van der Waals surface area contributed by atoms with Gasteiger partial charge in [-0.3, -0.25) is 9.69 Å². The van der Waals surface area contributed by atoms with Crippen molar-refractivity contribution < 1.29 is 19.4 Å². The van der Waals surface area contributed by atoms with E-state index in [-0.39, 0.29) is 18.4 Å². The monoisotopic (exact) mass is 453 g/mol. The van der Waals surface area contributed by atoms with Gasteiger partial charge >= 0.3 is 0 Å². The van der Waals surface area contributed by atoms with Gasteiger partial charge in [-0.25, -0.2) is 4.98 Å². The zero-order valence-corrected chi connectivity index (χ0v) is 19.3. The number of amides is 1. The number of rotatable bonds is 3. The summed E-state index contributed by atoms with van der Waals surface area (Å²) < 4.78 is 12.2. The Labute approximate surface area is 196 Å². The van der Waals surface area contributed by atoms with Crippen molar-refractivity contribution in [1.82, 2.24) is 14.8 Å². The molecule has 3 heterocycles. The van der Waals surface area contributed by atoms with E-state index >= 15 is 0 Å². The zero-order chi connectivity index (χ0) is 22.9. The number of carbonyl (C=O) groups is 1. The predicted molar refractivity (Wildman–Crippen MR) is 126 cm³/mol. The Bertz CT molecular complexity index is 907. The van der Waals surface area contributed by atoms with E-state index < -0.39 is 0 Å². The number of likely N-dealkylation sites (tertiary alicyclic amines) is 1. The second-order valence-electron chi connectivity index (χ2n) is 9.02. The molecule has 4 rings (SSSR count). The number of carbonyl (C=O) groups excluding carboxylic acids is 1. The van der Waals surface area contributed by atoms with Crippen LogP contribution in [0.1, 0.15) is 44.1 Å². The van der Waals surface area contributed by atoms with Crippen molar-refractivity contribution in [3.8, 4) is 17.4 Å². The summed E-state index contributed by atoms with van der Waals surface area (Å²) in [7, 11) is 0. The van der Waals surface area contributed by atoms with Gasteiger partial charge in [0.1, 0.15) is 0 Å². The summed E-state index contributed by atoms with van der Waals surface area (Å²) in [5.41, 5.74) is 0.948. The molecule has 1 N–H and O–H groups in total. The molecule has 33 heavy (non-hydrogen) atoms. The van der Waals surface area contributed by atoms with Crippen LogP contribution in [0.2, 0.25) is 0 Å². The summed E-state index contributed by atoms with van der Waals surface area (Å²) in [5, 5.41) is 9.53. The fraction of sp³-hybridized carbons (Fsp3) is 0.538. The molecule has 178 valence electrons. The van der Waals surface area contributed by atoms with E-state index in [0.29, 0.717) is 37.9 Å². The molecule has 0 spiro atoms. The number of pyridine rings is 1. The number of para-hydroxylation sites is 2. The first-order valence-electron chi connectivity index (χ1n) is 12.2. The highest BCUT2D eigenvalue weighted by molar-refractivity contribution is 5.78. The van der Waals surface area contributed by atoms with Gasteiger partial charge in [0, 0.05) is 38.0 Å². The molecule has 0 radical (unpaired) electrons. The lowest BCUT2D eigenvalue weighted by atomic mass is 9.99. The number of hydrogen-bond donors (Lipinski definition) is 1. The van der Waals surface area contributed by atoms with Gasteiger partial charge < -0.3 is 19.5 Å². The fourth-order valence-corrected chi connectivity index (χ4v) is 4.55. The average molecular weight is 454 g/mol. The van der Waals surface area contributed by atoms with Crippen LogP contribution in [0, 0.1) is 5.92 Å². The SMILES string of the molecule is O=C(CN1CCCCCCOc2ccccc2Oc2ncccc2C1)N1CCCC(CO)C1. The van der Waals surface area contributed by atoms with Crippen LogP contribution < -0.4 is 9.47 Å². The van der Waals surface area contributed by atoms with Crippen molar-refractivity contribution in [3.05, 3.63) is 48.2 Å². The van der Waals surface area contributed by atoms with Crippen LogP contribution in [0.4, 0.5) is 0 Å². The molecule has 2 aliphatic rings. The van der Waals surface area contributed by atoms with Crippen LogP contribution in [0.25, 0.3) is 0 Å². The Kier molecular flexibility index (Phi) is 8.55. The van der Waals surface area contributed by atoms with E-state index in [1.54, 1.807) is 6.20 Å². The number of nitrogens with zero attached hydrogens (tertiary/aromatic N) is 3. The van der Waals surface area contributed by atoms with E-state index in [2.05, 4.69) is 9.88 Å². The smallest absolute Gasteiger partial charge is 0.236 e. The molecular formula is C26H35N3O4. The number of aliphatic hydroxyl groups excluding tert-OH is 1. The molecule has 7 heteroatoms. The second kappa shape index (κ2) is 12.0. The Balaban J connectivity index is 1.52. The van der Waals surface area contributed by atoms with Gasteiger partial charge in [0.15, 0.2) is 11.5 Å². The van der Waals surface area contributed by atoms with Gasteiger partial charge in [-0.2, -0.15) is 0 Å². The predicted octanol–water partition coefficient (Wildman–Crippen LogP) is 3.86. The Morgan fingerprint density at radius 3 is 2.76 bits per heavy atom. The number of hydrogen-bond acceptors (Lipinski definition) is 6. The third-order valence-corrected chi connectivity index (χ3v) is 6.41. The summed E-state index contributed by atoms with van der Waals surface area (Å²) >= 11 is 0. The lowest BCUT2D eigenvalue weighted by Gasteiger charge is -2.33. The number of benzene rings is 1. The highest BCUT2D eigenvalue weighted by atomic mass is 16.5. The third kappa shape index (κ3) is 6.68. The first-order chi connectivity index (χ1) is 16.2. The number of fused-ring (bicyclic) bond motifs is 2. The van der Waals surface area contributed by atoms with E-state index in [0.717, 1.165) is 62.9 Å². The molecule has 1 saturated heterocycles. The summed E-state index contributed by atoms with van der Waals surface area (Å²) in [5.74, 6) is 2.25. The van der Waals surface area contributed by atoms with Crippen molar-refractivity contribution in [2.75, 3.05) is 39.4 Å². The molecule has 1 atom stereocenters. The molecule has 0 bridgehead atoms. The van der Waals surface area contributed by atoms with Crippen molar-refractivity contribution in [3.63, 3.8) is 0 Å². The highest BCUT2D eigenvalue weighted by Crippen LogP contribution is 2.32. The number of ether oxygens (including phenoxy) is 2. The van der Waals surface area contributed by atoms with E-state index in [9.17, 15) is 9.90 Å². The first-order valence-corrected chi connectivity index (χ1v) is 12.2. The molecule has 1 aromatic heterocycles. The van der Waals surface area contributed by atoms with Crippen LogP contribution in [0.3, 0.4) is 0 Å². The van der Waals surface area contributed by atoms with Crippen molar-refractivity contribution in [2.45, 2.75) is 45.1 Å². The van der Waals surface area contributed by atoms with E-state index in [1.165, 1.54) is 0 Å². The normalized spacial score (nSPS) is 20.5. The Morgan fingerprint density at radius 1 is 1.03 bits per heavy atom. The molecule has 2 aromatic rings. The molecule has 0 aliphatic carbocycles. The lowest BCUT2D eigenvalue weighted by molar-refractivity contribution is -0.134. The van der Waals surface area contributed by atoms with Crippen LogP contribution in [-0.2, 0) is 11.3 Å². The van der Waals surface area contributed by atoms with Crippen LogP contribution >= 0.6 is 0 Å². The standard InChI is InChI=1S/C26H35N3O4/c30-20-21-9-8-15-29(17-21)25(31)19-28-14-5-1-2-6-16-32-23-11-3-4-12-24(23)33-26-22(18-28)10-7-13-27-26/h3-4,7,10-13,21,30H,1-2,5-6,8-9,14-20H2. The average Bonchev–Trinajstić information content (AvgIpc) is 2.85. The molecular weight excluding hydrogens is 418 g/mol. The largest absolute Gasteiger partial charge is 0.490 e. The van der Waals surface area contributed by atoms with E-state index in [1.807, 2.05) is 41.3 Å². The Morgan fingerprint density at radius 2 is 1.88 bits per heavy atom. The van der Waals surface area contributed by atoms with Gasteiger partial charge in [-0.15, -0.1) is 0 Å². The van der Waals surface area contributed by atoms with Crippen LogP contribution in [0.15, 0.2) is 42.6 Å². The number of piperidine rings is 1. The van der Waals surface area contributed by atoms with Gasteiger partial charge in [-0.05, 0) is 56.3 Å². The minimum atomic E-state index is 0.138. The van der Waals surface area contributed by atoms with Crippen LogP contribution in [-0.4, -0.2) is 65.2 Å². The molecule has 0 saturated carbocycles. The molecule has 1 aromatic carbocycles. The van der Waals surface area contributed by atoms with Crippen molar-refractivity contribution in [1.29, 1.82) is 0 Å². The minimum absolute atomic E-state index is 0.138. The minimum Gasteiger partial charge on any atom is -0.490 e. The second-order valence-corrected chi connectivity index (χ2v) is 9.02. The Hall–Kier alpha value is -2.64. The summed E-state index contributed by atoms with van der Waals surface area (Å²) in [6.45, 7) is 4.03. The molecule has 1 unspecified atom stereocenters. The maximum Gasteiger partial charge on any atom is 0.236 e. The van der Waals surface area contributed by atoms with E-state index in [4.69, 9.17) is 9.47 Å². The number of aromatic nitrogens is 1. The summed E-state index contributed by atoms with van der Waals surface area (Å²) in [6.07, 6.45) is 7.88.